The predicted molar refractivity (Wildman–Crippen MR) is 79.2 cm³/mol. The number of hydrogen-bond donors (Lipinski definition) is 2. The zero-order valence-electron chi connectivity index (χ0n) is 10.5. The minimum absolute atomic E-state index is 0.139. The maximum atomic E-state index is 12.6. The molecular weight excluding hydrogens is 344 g/mol. The lowest BCUT2D eigenvalue weighted by molar-refractivity contribution is 0.445. The average molecular weight is 357 g/mol. The quantitative estimate of drug-likeness (QED) is 0.652. The second-order valence-corrected chi connectivity index (χ2v) is 6.88. The van der Waals surface area contributed by atoms with Crippen LogP contribution in [0.5, 0.6) is 11.5 Å². The van der Waals surface area contributed by atoms with Crippen molar-refractivity contribution in [3.63, 3.8) is 0 Å². The predicted octanol–water partition coefficient (Wildman–Crippen LogP) is 2.87. The second-order valence-electron chi connectivity index (χ2n) is 4.20. The molecule has 0 saturated heterocycles. The van der Waals surface area contributed by atoms with Gasteiger partial charge in [-0.2, -0.15) is 0 Å². The first kappa shape index (κ1) is 14.9. The Morgan fingerprint density at radius 1 is 1.00 bits per heavy atom. The van der Waals surface area contributed by atoms with Crippen molar-refractivity contribution < 1.29 is 18.6 Å². The molecule has 0 unspecified atom stereocenters. The first-order valence-electron chi connectivity index (χ1n) is 5.87. The summed E-state index contributed by atoms with van der Waals surface area (Å²) >= 11 is 3.29. The third-order valence-corrected chi connectivity index (χ3v) is 5.14. The minimum Gasteiger partial charge on any atom is -0.508 e. The van der Waals surface area contributed by atoms with Crippen LogP contribution >= 0.6 is 15.9 Å². The van der Waals surface area contributed by atoms with Gasteiger partial charge < -0.3 is 10.2 Å². The van der Waals surface area contributed by atoms with E-state index in [0.717, 1.165) is 12.1 Å². The topological polar surface area (TPSA) is 74.6 Å². The van der Waals surface area contributed by atoms with E-state index >= 15 is 0 Å². The Bertz CT molecular complexity index is 726. The summed E-state index contributed by atoms with van der Waals surface area (Å²) in [5.41, 5.74) is 0.659. The summed E-state index contributed by atoms with van der Waals surface area (Å²) in [7, 11) is -3.88. The largest absolute Gasteiger partial charge is 0.508 e. The molecule has 0 aromatic heterocycles. The minimum atomic E-state index is -3.88. The summed E-state index contributed by atoms with van der Waals surface area (Å²) in [6.45, 7) is 0. The number of halogens is 1. The maximum absolute atomic E-state index is 12.6. The second kappa shape index (κ2) is 5.85. The molecule has 4 nitrogen and oxygen atoms in total. The van der Waals surface area contributed by atoms with Crippen molar-refractivity contribution in [1.29, 1.82) is 0 Å². The highest BCUT2D eigenvalue weighted by atomic mass is 79.9. The average Bonchev–Trinajstić information content (AvgIpc) is 2.42. The Kier molecular flexibility index (Phi) is 4.35. The smallest absolute Gasteiger partial charge is 0.210 e. The Hall–Kier alpha value is -1.53. The fourth-order valence-corrected chi connectivity index (χ4v) is 3.97. The van der Waals surface area contributed by atoms with E-state index in [-0.39, 0.29) is 21.3 Å². The third kappa shape index (κ3) is 2.81. The first-order chi connectivity index (χ1) is 9.46. The fraction of sp³-hybridized carbons (Fsp3) is 0.143. The molecule has 20 heavy (non-hydrogen) atoms. The summed E-state index contributed by atoms with van der Waals surface area (Å²) < 4.78 is 25.2. The number of phenolic OH excluding ortho intramolecular Hbond substituents is 2. The van der Waals surface area contributed by atoms with E-state index in [1.807, 2.05) is 0 Å². The van der Waals surface area contributed by atoms with Gasteiger partial charge in [-0.15, -0.1) is 0 Å². The molecule has 2 aromatic rings. The van der Waals surface area contributed by atoms with Crippen molar-refractivity contribution in [3.05, 3.63) is 48.0 Å². The van der Waals surface area contributed by atoms with Gasteiger partial charge in [0.1, 0.15) is 16.4 Å². The lowest BCUT2D eigenvalue weighted by Crippen LogP contribution is -2.06. The number of hydrogen-bond acceptors (Lipinski definition) is 4. The standard InChI is InChI=1S/C14H13BrO4S/c15-8-7-10-3-1-2-4-13(10)20(18,19)14-9-11(16)5-6-12(14)17/h1-6,9,16-17H,7-8H2. The van der Waals surface area contributed by atoms with E-state index in [1.165, 1.54) is 12.1 Å². The number of aryl methyl sites for hydroxylation is 1. The van der Waals surface area contributed by atoms with Gasteiger partial charge in [-0.05, 0) is 30.2 Å². The van der Waals surface area contributed by atoms with Crippen LogP contribution in [0.1, 0.15) is 5.56 Å². The van der Waals surface area contributed by atoms with Crippen molar-refractivity contribution in [1.82, 2.24) is 0 Å². The van der Waals surface area contributed by atoms with E-state index in [9.17, 15) is 18.6 Å². The molecule has 2 N–H and O–H groups in total. The molecule has 0 radical (unpaired) electrons. The van der Waals surface area contributed by atoms with Crippen LogP contribution in [0.25, 0.3) is 0 Å². The molecule has 2 rings (SSSR count). The monoisotopic (exact) mass is 356 g/mol. The van der Waals surface area contributed by atoms with E-state index in [0.29, 0.717) is 17.3 Å². The lowest BCUT2D eigenvalue weighted by Gasteiger charge is -2.11. The van der Waals surface area contributed by atoms with Gasteiger partial charge in [0, 0.05) is 11.4 Å². The molecule has 0 atom stereocenters. The molecule has 0 heterocycles. The molecule has 0 saturated carbocycles. The summed E-state index contributed by atoms with van der Waals surface area (Å²) in [4.78, 5) is -0.153. The van der Waals surface area contributed by atoms with E-state index in [2.05, 4.69) is 15.9 Å². The van der Waals surface area contributed by atoms with E-state index in [1.54, 1.807) is 18.2 Å². The molecule has 6 heteroatoms. The van der Waals surface area contributed by atoms with Gasteiger partial charge in [0.25, 0.3) is 0 Å². The van der Waals surface area contributed by atoms with Gasteiger partial charge in [0.15, 0.2) is 0 Å². The molecule has 0 spiro atoms. The van der Waals surface area contributed by atoms with Crippen LogP contribution in [0.3, 0.4) is 0 Å². The van der Waals surface area contributed by atoms with Crippen molar-refractivity contribution in [2.75, 3.05) is 5.33 Å². The molecule has 0 amide bonds. The first-order valence-corrected chi connectivity index (χ1v) is 8.48. The number of sulfone groups is 1. The van der Waals surface area contributed by atoms with Gasteiger partial charge in [0.2, 0.25) is 9.84 Å². The Morgan fingerprint density at radius 3 is 2.40 bits per heavy atom. The van der Waals surface area contributed by atoms with Crippen molar-refractivity contribution in [2.45, 2.75) is 16.2 Å². The van der Waals surface area contributed by atoms with Crippen molar-refractivity contribution in [3.8, 4) is 11.5 Å². The number of aromatic hydroxyl groups is 2. The van der Waals surface area contributed by atoms with Crippen LogP contribution in [0.15, 0.2) is 52.3 Å². The Morgan fingerprint density at radius 2 is 1.70 bits per heavy atom. The van der Waals surface area contributed by atoms with Crippen molar-refractivity contribution >= 4 is 25.8 Å². The summed E-state index contributed by atoms with van der Waals surface area (Å²) in [6, 6.07) is 10.1. The van der Waals surface area contributed by atoms with Crippen LogP contribution in [0, 0.1) is 0 Å². The number of rotatable bonds is 4. The number of alkyl halides is 1. The molecular formula is C14H13BrO4S. The third-order valence-electron chi connectivity index (χ3n) is 2.86. The molecule has 2 aromatic carbocycles. The molecule has 0 bridgehead atoms. The van der Waals surface area contributed by atoms with Crippen molar-refractivity contribution in [2.24, 2.45) is 0 Å². The zero-order valence-corrected chi connectivity index (χ0v) is 12.9. The number of benzene rings is 2. The van der Waals surface area contributed by atoms with Gasteiger partial charge in [0.05, 0.1) is 4.90 Å². The van der Waals surface area contributed by atoms with Gasteiger partial charge >= 0.3 is 0 Å². The van der Waals surface area contributed by atoms with Crippen LogP contribution in [-0.4, -0.2) is 24.0 Å². The molecule has 0 aliphatic rings. The fourth-order valence-electron chi connectivity index (χ4n) is 1.91. The summed E-state index contributed by atoms with van der Waals surface area (Å²) in [5.74, 6) is -0.587. The molecule has 0 fully saturated rings. The SMILES string of the molecule is O=S(=O)(c1cc(O)ccc1O)c1ccccc1CCBr. The molecule has 106 valence electrons. The highest BCUT2D eigenvalue weighted by molar-refractivity contribution is 9.09. The van der Waals surface area contributed by atoms with Crippen LogP contribution in [-0.2, 0) is 16.3 Å². The summed E-state index contributed by atoms with van der Waals surface area (Å²) in [5, 5.41) is 19.8. The highest BCUT2D eigenvalue weighted by Gasteiger charge is 2.24. The van der Waals surface area contributed by atoms with Gasteiger partial charge in [-0.25, -0.2) is 8.42 Å². The van der Waals surface area contributed by atoms with Crippen LogP contribution in [0.2, 0.25) is 0 Å². The van der Waals surface area contributed by atoms with E-state index < -0.39 is 9.84 Å². The van der Waals surface area contributed by atoms with E-state index in [4.69, 9.17) is 0 Å². The van der Waals surface area contributed by atoms with Crippen LogP contribution in [0.4, 0.5) is 0 Å². The maximum Gasteiger partial charge on any atom is 0.210 e. The molecule has 0 aliphatic carbocycles. The summed E-state index contributed by atoms with van der Waals surface area (Å²) in [6.07, 6.45) is 0.551. The van der Waals surface area contributed by atoms with Gasteiger partial charge in [-0.3, -0.25) is 0 Å². The molecule has 0 aliphatic heterocycles. The zero-order chi connectivity index (χ0) is 14.8. The highest BCUT2D eigenvalue weighted by Crippen LogP contribution is 2.33. The normalized spacial score (nSPS) is 11.4. The Balaban J connectivity index is 2.64. The Labute approximate surface area is 125 Å². The van der Waals surface area contributed by atoms with Gasteiger partial charge in [-0.1, -0.05) is 34.1 Å². The lowest BCUT2D eigenvalue weighted by atomic mass is 10.2. The number of phenols is 2. The van der Waals surface area contributed by atoms with Crippen LogP contribution < -0.4 is 0 Å².